The van der Waals surface area contributed by atoms with Gasteiger partial charge >= 0.3 is 12.1 Å². The first-order chi connectivity index (χ1) is 10.5. The zero-order chi connectivity index (χ0) is 15.9. The third kappa shape index (κ3) is 5.04. The van der Waals surface area contributed by atoms with Crippen LogP contribution >= 0.6 is 0 Å². The number of carbonyl (C=O) groups excluding carboxylic acids is 1. The van der Waals surface area contributed by atoms with Gasteiger partial charge in [-0.05, 0) is 24.4 Å². The molecule has 22 heavy (non-hydrogen) atoms. The minimum atomic E-state index is -0.809. The average molecular weight is 306 g/mol. The highest BCUT2D eigenvalue weighted by Crippen LogP contribution is 2.17. The maximum absolute atomic E-state index is 12.0. The summed E-state index contributed by atoms with van der Waals surface area (Å²) in [5.74, 6) is -0.509. The van der Waals surface area contributed by atoms with E-state index in [1.165, 1.54) is 0 Å². The number of amides is 1. The van der Waals surface area contributed by atoms with E-state index in [1.54, 1.807) is 11.9 Å². The molecule has 1 N–H and O–H groups in total. The normalized spacial score (nSPS) is 18.1. The summed E-state index contributed by atoms with van der Waals surface area (Å²) in [5.41, 5.74) is 0.956. The summed E-state index contributed by atoms with van der Waals surface area (Å²) in [6.07, 6.45) is 0.560. The number of likely N-dealkylation sites (tertiary alicyclic amines) is 1. The van der Waals surface area contributed by atoms with Gasteiger partial charge in [-0.25, -0.2) is 4.79 Å². The predicted octanol–water partition coefficient (Wildman–Crippen LogP) is 1.66. The lowest BCUT2D eigenvalue weighted by atomic mass is 10.1. The maximum atomic E-state index is 12.0. The van der Waals surface area contributed by atoms with E-state index < -0.39 is 5.97 Å². The molecule has 120 valence electrons. The van der Waals surface area contributed by atoms with Crippen molar-refractivity contribution in [1.82, 2.24) is 9.80 Å². The molecule has 0 aliphatic carbocycles. The molecule has 0 spiro atoms. The molecule has 0 bridgehead atoms. The van der Waals surface area contributed by atoms with Crippen LogP contribution in [0.2, 0.25) is 0 Å². The fraction of sp³-hybridized carbons (Fsp3) is 0.500. The van der Waals surface area contributed by atoms with Gasteiger partial charge in [0, 0.05) is 20.1 Å². The Balaban J connectivity index is 1.71. The Hall–Kier alpha value is -2.08. The smallest absolute Gasteiger partial charge is 0.409 e. The largest absolute Gasteiger partial charge is 0.480 e. The highest BCUT2D eigenvalue weighted by molar-refractivity contribution is 5.69. The molecule has 1 saturated heterocycles. The lowest BCUT2D eigenvalue weighted by molar-refractivity contribution is -0.138. The van der Waals surface area contributed by atoms with E-state index in [2.05, 4.69) is 0 Å². The van der Waals surface area contributed by atoms with Crippen molar-refractivity contribution in [2.75, 3.05) is 33.2 Å². The standard InChI is InChI=1S/C16H22N2O4/c1-17(9-14-7-8-18(10-14)11-15(19)20)16(21)22-12-13-5-3-2-4-6-13/h2-6,14H,7-12H2,1H3,(H,19,20). The minimum Gasteiger partial charge on any atom is -0.480 e. The van der Waals surface area contributed by atoms with Gasteiger partial charge in [0.05, 0.1) is 6.54 Å². The number of ether oxygens (including phenoxy) is 1. The van der Waals surface area contributed by atoms with Crippen molar-refractivity contribution in [3.8, 4) is 0 Å². The van der Waals surface area contributed by atoms with Gasteiger partial charge in [0.25, 0.3) is 0 Å². The van der Waals surface area contributed by atoms with Crippen molar-refractivity contribution in [1.29, 1.82) is 0 Å². The first-order valence-corrected chi connectivity index (χ1v) is 7.40. The number of hydrogen-bond donors (Lipinski definition) is 1. The molecule has 1 amide bonds. The molecule has 0 aromatic heterocycles. The van der Waals surface area contributed by atoms with Crippen LogP contribution in [0.3, 0.4) is 0 Å². The Kier molecular flexibility index (Phi) is 5.77. The molecule has 0 saturated carbocycles. The van der Waals surface area contributed by atoms with Gasteiger partial charge < -0.3 is 14.7 Å². The monoisotopic (exact) mass is 306 g/mol. The summed E-state index contributed by atoms with van der Waals surface area (Å²) in [7, 11) is 1.72. The second-order valence-corrected chi connectivity index (χ2v) is 5.70. The zero-order valence-electron chi connectivity index (χ0n) is 12.8. The maximum Gasteiger partial charge on any atom is 0.409 e. The van der Waals surface area contributed by atoms with E-state index >= 15 is 0 Å². The van der Waals surface area contributed by atoms with E-state index in [9.17, 15) is 9.59 Å². The van der Waals surface area contributed by atoms with Crippen molar-refractivity contribution >= 4 is 12.1 Å². The molecule has 1 unspecified atom stereocenters. The molecule has 1 heterocycles. The fourth-order valence-corrected chi connectivity index (χ4v) is 2.69. The Morgan fingerprint density at radius 2 is 2.09 bits per heavy atom. The second kappa shape index (κ2) is 7.79. The van der Waals surface area contributed by atoms with Crippen molar-refractivity contribution in [2.24, 2.45) is 5.92 Å². The van der Waals surface area contributed by atoms with Crippen molar-refractivity contribution in [2.45, 2.75) is 13.0 Å². The third-order valence-corrected chi connectivity index (χ3v) is 3.78. The molecule has 1 atom stereocenters. The van der Waals surface area contributed by atoms with E-state index in [1.807, 2.05) is 35.2 Å². The lowest BCUT2D eigenvalue weighted by Gasteiger charge is -2.21. The predicted molar refractivity (Wildman–Crippen MR) is 81.4 cm³/mol. The van der Waals surface area contributed by atoms with Gasteiger partial charge in [0.15, 0.2) is 0 Å². The van der Waals surface area contributed by atoms with Crippen LogP contribution in [-0.4, -0.2) is 60.2 Å². The van der Waals surface area contributed by atoms with E-state index in [-0.39, 0.29) is 19.2 Å². The van der Waals surface area contributed by atoms with Crippen LogP contribution in [0.5, 0.6) is 0 Å². The van der Waals surface area contributed by atoms with E-state index in [0.29, 0.717) is 19.0 Å². The molecule has 1 aliphatic rings. The third-order valence-electron chi connectivity index (χ3n) is 3.78. The molecule has 0 radical (unpaired) electrons. The minimum absolute atomic E-state index is 0.0681. The quantitative estimate of drug-likeness (QED) is 0.865. The number of aliphatic carboxylic acids is 1. The summed E-state index contributed by atoms with van der Waals surface area (Å²) < 4.78 is 5.27. The van der Waals surface area contributed by atoms with Crippen molar-refractivity contribution in [3.05, 3.63) is 35.9 Å². The number of hydrogen-bond acceptors (Lipinski definition) is 4. The molecule has 1 aromatic rings. The van der Waals surface area contributed by atoms with Crippen molar-refractivity contribution < 1.29 is 19.4 Å². The first kappa shape index (κ1) is 16.3. The summed E-state index contributed by atoms with van der Waals surface area (Å²) >= 11 is 0. The highest BCUT2D eigenvalue weighted by Gasteiger charge is 2.26. The number of carbonyl (C=O) groups is 2. The Morgan fingerprint density at radius 1 is 1.36 bits per heavy atom. The molecule has 2 rings (SSSR count). The van der Waals surface area contributed by atoms with Crippen LogP contribution in [0.25, 0.3) is 0 Å². The molecule has 1 aliphatic heterocycles. The van der Waals surface area contributed by atoms with Gasteiger partial charge in [0.1, 0.15) is 6.61 Å². The lowest BCUT2D eigenvalue weighted by Crippen LogP contribution is -2.34. The van der Waals surface area contributed by atoms with Gasteiger partial charge in [0.2, 0.25) is 0 Å². The SMILES string of the molecule is CN(CC1CCN(CC(=O)O)C1)C(=O)OCc1ccccc1. The molecular weight excluding hydrogens is 284 g/mol. The number of carboxylic acid groups (broad SMARTS) is 1. The first-order valence-electron chi connectivity index (χ1n) is 7.40. The number of rotatable bonds is 6. The highest BCUT2D eigenvalue weighted by atomic mass is 16.6. The molecule has 1 aromatic carbocycles. The Bertz CT molecular complexity index is 506. The molecule has 6 nitrogen and oxygen atoms in total. The average Bonchev–Trinajstić information content (AvgIpc) is 2.92. The van der Waals surface area contributed by atoms with E-state index in [4.69, 9.17) is 9.84 Å². The van der Waals surface area contributed by atoms with Crippen LogP contribution in [0.1, 0.15) is 12.0 Å². The van der Waals surface area contributed by atoms with Crippen LogP contribution in [0.4, 0.5) is 4.79 Å². The van der Waals surface area contributed by atoms with Gasteiger partial charge in [-0.15, -0.1) is 0 Å². The zero-order valence-corrected chi connectivity index (χ0v) is 12.8. The van der Waals surface area contributed by atoms with Crippen LogP contribution in [0.15, 0.2) is 30.3 Å². The summed E-state index contributed by atoms with van der Waals surface area (Å²) in [4.78, 5) is 26.1. The molecule has 6 heteroatoms. The summed E-state index contributed by atoms with van der Waals surface area (Å²) in [6.45, 7) is 2.40. The topological polar surface area (TPSA) is 70.1 Å². The fourth-order valence-electron chi connectivity index (χ4n) is 2.69. The molecular formula is C16H22N2O4. The summed E-state index contributed by atoms with van der Waals surface area (Å²) in [5, 5.41) is 8.78. The second-order valence-electron chi connectivity index (χ2n) is 5.70. The number of carboxylic acids is 1. The number of nitrogens with zero attached hydrogens (tertiary/aromatic N) is 2. The Labute approximate surface area is 130 Å². The van der Waals surface area contributed by atoms with Gasteiger partial charge in [-0.3, -0.25) is 9.69 Å². The van der Waals surface area contributed by atoms with Gasteiger partial charge in [-0.2, -0.15) is 0 Å². The van der Waals surface area contributed by atoms with Gasteiger partial charge in [-0.1, -0.05) is 30.3 Å². The van der Waals surface area contributed by atoms with Crippen molar-refractivity contribution in [3.63, 3.8) is 0 Å². The Morgan fingerprint density at radius 3 is 2.77 bits per heavy atom. The van der Waals surface area contributed by atoms with Crippen LogP contribution in [-0.2, 0) is 16.1 Å². The van der Waals surface area contributed by atoms with Crippen LogP contribution < -0.4 is 0 Å². The number of benzene rings is 1. The summed E-state index contributed by atoms with van der Waals surface area (Å²) in [6, 6.07) is 9.55. The van der Waals surface area contributed by atoms with E-state index in [0.717, 1.165) is 18.5 Å². The van der Waals surface area contributed by atoms with Crippen LogP contribution in [0, 0.1) is 5.92 Å². The molecule has 1 fully saturated rings.